The molecule has 3 aromatic rings. The minimum Gasteiger partial charge on any atom is -0.485 e. The van der Waals surface area contributed by atoms with Gasteiger partial charge in [-0.15, -0.1) is 11.3 Å². The molecule has 0 bridgehead atoms. The van der Waals surface area contributed by atoms with Gasteiger partial charge in [-0.25, -0.2) is 4.79 Å². The molecule has 1 aromatic carbocycles. The van der Waals surface area contributed by atoms with Gasteiger partial charge in [-0.05, 0) is 55.0 Å². The summed E-state index contributed by atoms with van der Waals surface area (Å²) in [7, 11) is 1.56. The lowest BCUT2D eigenvalue weighted by Gasteiger charge is -2.17. The van der Waals surface area contributed by atoms with Crippen LogP contribution in [0.1, 0.15) is 15.2 Å². The molecule has 1 aliphatic heterocycles. The number of cyclic esters (lactones) is 1. The maximum Gasteiger partial charge on any atom is 0.414 e. The Balaban J connectivity index is 1.44. The van der Waals surface area contributed by atoms with Gasteiger partial charge in [0.15, 0.2) is 5.75 Å². The fourth-order valence-electron chi connectivity index (χ4n) is 3.66. The van der Waals surface area contributed by atoms with Crippen molar-refractivity contribution in [3.8, 4) is 11.4 Å². The van der Waals surface area contributed by atoms with Crippen molar-refractivity contribution in [2.45, 2.75) is 13.0 Å². The highest BCUT2D eigenvalue weighted by atomic mass is 35.5. The van der Waals surface area contributed by atoms with Gasteiger partial charge in [0.05, 0.1) is 34.6 Å². The number of aromatic nitrogens is 1. The molecule has 2 aromatic heterocycles. The van der Waals surface area contributed by atoms with Crippen molar-refractivity contribution < 1.29 is 23.8 Å². The van der Waals surface area contributed by atoms with E-state index < -0.39 is 12.2 Å². The Labute approximate surface area is 210 Å². The summed E-state index contributed by atoms with van der Waals surface area (Å²) in [5, 5.41) is 2.77. The summed E-state index contributed by atoms with van der Waals surface area (Å²) in [6.07, 6.45) is 0.670. The number of rotatable bonds is 9. The Morgan fingerprint density at radius 1 is 1.23 bits per heavy atom. The summed E-state index contributed by atoms with van der Waals surface area (Å²) in [4.78, 5) is 39.6. The third kappa shape index (κ3) is 5.67. The summed E-state index contributed by atoms with van der Waals surface area (Å²) >= 11 is 7.06. The van der Waals surface area contributed by atoms with Crippen LogP contribution in [0.3, 0.4) is 0 Å². The molecule has 35 heavy (non-hydrogen) atoms. The summed E-state index contributed by atoms with van der Waals surface area (Å²) in [6.45, 7) is 2.97. The van der Waals surface area contributed by atoms with Crippen molar-refractivity contribution in [3.63, 3.8) is 0 Å². The van der Waals surface area contributed by atoms with Crippen LogP contribution in [0, 0.1) is 6.92 Å². The number of halogens is 1. The zero-order chi connectivity index (χ0) is 24.9. The van der Waals surface area contributed by atoms with Crippen molar-refractivity contribution in [3.05, 3.63) is 73.8 Å². The molecule has 0 radical (unpaired) electrons. The fourth-order valence-corrected chi connectivity index (χ4v) is 4.61. The second kappa shape index (κ2) is 10.9. The van der Waals surface area contributed by atoms with E-state index >= 15 is 0 Å². The second-order valence-electron chi connectivity index (χ2n) is 7.79. The number of carbonyl (C=O) groups excluding carboxylic acids is 2. The van der Waals surface area contributed by atoms with Crippen LogP contribution in [0.5, 0.6) is 5.75 Å². The van der Waals surface area contributed by atoms with Crippen molar-refractivity contribution in [1.82, 2.24) is 9.88 Å². The lowest BCUT2D eigenvalue weighted by molar-refractivity contribution is 0.0920. The first kappa shape index (κ1) is 24.8. The first-order valence-corrected chi connectivity index (χ1v) is 12.0. The molecule has 0 unspecified atom stereocenters. The number of nitrogens with one attached hydrogen (secondary N) is 1. The number of thiophene rings is 1. The van der Waals surface area contributed by atoms with Crippen LogP contribution in [-0.4, -0.2) is 56.1 Å². The van der Waals surface area contributed by atoms with Gasteiger partial charge in [0, 0.05) is 19.0 Å². The van der Waals surface area contributed by atoms with Gasteiger partial charge in [0.2, 0.25) is 0 Å². The van der Waals surface area contributed by atoms with Crippen molar-refractivity contribution in [2.24, 2.45) is 0 Å². The van der Waals surface area contributed by atoms with Gasteiger partial charge in [-0.2, -0.15) is 0 Å². The number of hydrogen-bond acceptors (Lipinski definition) is 7. The van der Waals surface area contributed by atoms with E-state index in [-0.39, 0.29) is 36.9 Å². The molecule has 1 atom stereocenters. The largest absolute Gasteiger partial charge is 0.485 e. The minimum absolute atomic E-state index is 0.179. The van der Waals surface area contributed by atoms with E-state index in [1.165, 1.54) is 20.8 Å². The lowest BCUT2D eigenvalue weighted by atomic mass is 10.1. The molecule has 2 amide bonds. The van der Waals surface area contributed by atoms with E-state index in [9.17, 15) is 14.4 Å². The van der Waals surface area contributed by atoms with Gasteiger partial charge in [0.1, 0.15) is 12.7 Å². The predicted octanol–water partition coefficient (Wildman–Crippen LogP) is 3.64. The number of aryl methyl sites for hydroxylation is 1. The summed E-state index contributed by atoms with van der Waals surface area (Å²) < 4.78 is 17.9. The molecule has 11 heteroatoms. The predicted molar refractivity (Wildman–Crippen MR) is 133 cm³/mol. The van der Waals surface area contributed by atoms with Crippen molar-refractivity contribution in [2.75, 3.05) is 38.3 Å². The number of methoxy groups -OCH3 is 1. The zero-order valence-electron chi connectivity index (χ0n) is 19.2. The van der Waals surface area contributed by atoms with Gasteiger partial charge in [-0.1, -0.05) is 11.6 Å². The normalized spacial score (nSPS) is 15.2. The standard InChI is InChI=1S/C24H24ClN3O6S/c1-15-12-16(5-6-18(15)27-9-3-4-19(23(27)30)33-11-10-32-2)28-14-17(34-24(28)31)13-26-22(29)20-7-8-21(25)35-20/h3-9,12,17H,10-11,13-14H2,1-2H3,(H,26,29)/t17-/m0/s1. The number of amides is 2. The number of hydrogen-bond donors (Lipinski definition) is 1. The van der Waals surface area contributed by atoms with E-state index in [2.05, 4.69) is 5.32 Å². The van der Waals surface area contributed by atoms with E-state index in [0.29, 0.717) is 27.2 Å². The average molecular weight is 518 g/mol. The van der Waals surface area contributed by atoms with Crippen LogP contribution in [0.15, 0.2) is 53.5 Å². The Hall–Kier alpha value is -3.34. The van der Waals surface area contributed by atoms with Crippen molar-refractivity contribution >= 4 is 40.6 Å². The van der Waals surface area contributed by atoms with E-state index in [1.807, 2.05) is 13.0 Å². The molecule has 4 rings (SSSR count). The molecule has 1 fully saturated rings. The quantitative estimate of drug-likeness (QED) is 0.435. The highest BCUT2D eigenvalue weighted by Gasteiger charge is 2.33. The van der Waals surface area contributed by atoms with E-state index in [1.54, 1.807) is 49.7 Å². The Bertz CT molecular complexity index is 1290. The van der Waals surface area contributed by atoms with Crippen molar-refractivity contribution in [1.29, 1.82) is 0 Å². The molecule has 1 saturated heterocycles. The Morgan fingerprint density at radius 3 is 2.77 bits per heavy atom. The van der Waals surface area contributed by atoms with E-state index in [4.69, 9.17) is 25.8 Å². The van der Waals surface area contributed by atoms with Crippen LogP contribution in [0.4, 0.5) is 10.5 Å². The molecule has 0 spiro atoms. The fraction of sp³-hybridized carbons (Fsp3) is 0.292. The first-order valence-electron chi connectivity index (χ1n) is 10.8. The molecule has 184 valence electrons. The number of carbonyl (C=O) groups is 2. The molecule has 9 nitrogen and oxygen atoms in total. The first-order chi connectivity index (χ1) is 16.9. The minimum atomic E-state index is -0.499. The highest BCUT2D eigenvalue weighted by molar-refractivity contribution is 7.18. The van der Waals surface area contributed by atoms with Gasteiger partial charge in [-0.3, -0.25) is 19.1 Å². The highest BCUT2D eigenvalue weighted by Crippen LogP contribution is 2.26. The molecular weight excluding hydrogens is 494 g/mol. The molecule has 1 N–H and O–H groups in total. The SMILES string of the molecule is COCCOc1cccn(-c2ccc(N3C[C@H](CNC(=O)c4ccc(Cl)s4)OC3=O)cc2C)c1=O. The molecule has 1 aliphatic rings. The van der Waals surface area contributed by atoms with Gasteiger partial charge >= 0.3 is 6.09 Å². The molecule has 0 saturated carbocycles. The number of benzene rings is 1. The molecule has 0 aliphatic carbocycles. The Morgan fingerprint density at radius 2 is 2.06 bits per heavy atom. The maximum absolute atomic E-state index is 12.9. The van der Waals surface area contributed by atoms with Crippen LogP contribution in [0.2, 0.25) is 4.34 Å². The van der Waals surface area contributed by atoms with Gasteiger partial charge in [0.25, 0.3) is 11.5 Å². The summed E-state index contributed by atoms with van der Waals surface area (Å²) in [6, 6.07) is 12.0. The van der Waals surface area contributed by atoms with Crippen LogP contribution in [0.25, 0.3) is 5.69 Å². The zero-order valence-corrected chi connectivity index (χ0v) is 20.7. The Kier molecular flexibility index (Phi) is 7.74. The average Bonchev–Trinajstić information content (AvgIpc) is 3.44. The second-order valence-corrected chi connectivity index (χ2v) is 9.50. The summed E-state index contributed by atoms with van der Waals surface area (Å²) in [5.74, 6) is -0.0404. The number of ether oxygens (including phenoxy) is 3. The third-order valence-corrected chi connectivity index (χ3v) is 6.60. The van der Waals surface area contributed by atoms with Gasteiger partial charge < -0.3 is 19.5 Å². The van der Waals surface area contributed by atoms with E-state index in [0.717, 1.165) is 5.56 Å². The number of pyridine rings is 1. The number of anilines is 1. The number of nitrogens with zero attached hydrogens (tertiary/aromatic N) is 2. The monoisotopic (exact) mass is 517 g/mol. The molecular formula is C24H24ClN3O6S. The molecule has 3 heterocycles. The van der Waals surface area contributed by atoms with Crippen LogP contribution in [-0.2, 0) is 9.47 Å². The third-order valence-electron chi connectivity index (χ3n) is 5.37. The van der Waals surface area contributed by atoms with Crippen LogP contribution < -0.4 is 20.5 Å². The smallest absolute Gasteiger partial charge is 0.414 e. The lowest BCUT2D eigenvalue weighted by Crippen LogP contribution is -2.34. The maximum atomic E-state index is 12.9. The van der Waals surface area contributed by atoms with Crippen LogP contribution >= 0.6 is 22.9 Å². The topological polar surface area (TPSA) is 99.1 Å². The summed E-state index contributed by atoms with van der Waals surface area (Å²) in [5.41, 5.74) is 1.80.